The van der Waals surface area contributed by atoms with Crippen LogP contribution in [0.2, 0.25) is 0 Å². The van der Waals surface area contributed by atoms with E-state index in [9.17, 15) is 48.3 Å². The van der Waals surface area contributed by atoms with Crippen molar-refractivity contribution < 1.29 is 88.2 Å². The molecule has 1 saturated heterocycles. The molecule has 1 aliphatic rings. The molecular weight excluding hydrogens is 778 g/mol. The first-order valence-corrected chi connectivity index (χ1v) is 10.8. The summed E-state index contributed by atoms with van der Waals surface area (Å²) in [5.41, 5.74) is -6.73. The van der Waals surface area contributed by atoms with Crippen molar-refractivity contribution in [3.05, 3.63) is 104 Å². The van der Waals surface area contributed by atoms with Crippen molar-refractivity contribution in [3.63, 3.8) is 0 Å². The molecule has 1 atom stereocenters. The van der Waals surface area contributed by atoms with Crippen molar-refractivity contribution in [1.29, 1.82) is 0 Å². The Bertz CT molecular complexity index is 1370. The predicted octanol–water partition coefficient (Wildman–Crippen LogP) is 7.93. The van der Waals surface area contributed by atoms with E-state index in [1.165, 1.54) is 0 Å². The molecule has 1 unspecified atom stereocenters. The average molecular weight is 783 g/mol. The van der Waals surface area contributed by atoms with E-state index in [0.29, 0.717) is 0 Å². The van der Waals surface area contributed by atoms with Gasteiger partial charge in [-0.2, -0.15) is 0 Å². The van der Waals surface area contributed by atoms with Crippen LogP contribution in [0.5, 0.6) is 0 Å². The molecule has 0 spiro atoms. The molecule has 1 fully saturated rings. The third-order valence-electron chi connectivity index (χ3n) is 5.98. The van der Waals surface area contributed by atoms with Crippen LogP contribution in [0.3, 0.4) is 0 Å². The first-order chi connectivity index (χ1) is 17.6. The van der Waals surface area contributed by atoms with Gasteiger partial charge in [-0.1, -0.05) is 0 Å². The van der Waals surface area contributed by atoms with E-state index in [-0.39, 0.29) is 34.1 Å². The van der Waals surface area contributed by atoms with Crippen molar-refractivity contribution in [2.24, 2.45) is 0 Å². The molecule has 0 bridgehead atoms. The molecule has 17 heteroatoms. The van der Waals surface area contributed by atoms with Gasteiger partial charge in [-0.3, -0.25) is 0 Å². The van der Waals surface area contributed by atoms with Crippen LogP contribution in [0.4, 0.5) is 65.9 Å². The second-order valence-electron chi connectivity index (χ2n) is 7.80. The Morgan fingerprint density at radius 2 is 0.667 bits per heavy atom. The van der Waals surface area contributed by atoms with E-state index in [4.69, 9.17) is 0 Å². The maximum atomic E-state index is 15.0. The maximum absolute atomic E-state index is 15.0. The monoisotopic (exact) mass is 783 g/mol. The van der Waals surface area contributed by atoms with Gasteiger partial charge in [0.2, 0.25) is 17.5 Å². The molecular formula is C22H5AuF15S+3. The van der Waals surface area contributed by atoms with Gasteiger partial charge in [0.15, 0.2) is 69.8 Å². The number of hydrogen-bond acceptors (Lipinski definition) is 1. The Kier molecular flexibility index (Phi) is 8.48. The molecule has 39 heavy (non-hydrogen) atoms. The average Bonchev–Trinajstić information content (AvgIpc) is 3.30. The van der Waals surface area contributed by atoms with E-state index in [1.54, 1.807) is 0 Å². The number of rotatable bonds is 3. The Morgan fingerprint density at radius 1 is 0.410 bits per heavy atom. The SMILES string of the molecule is Fc1c(F)c(F)c(C2CCSC2(c2c(F)c(F)c(F)c(F)c2F)c2c(F)c(F)c(F)c(F)c2F)c(F)c1F.[Au+3]. The molecule has 1 heterocycles. The van der Waals surface area contributed by atoms with Crippen LogP contribution >= 0.6 is 11.8 Å². The number of benzene rings is 3. The molecule has 0 amide bonds. The van der Waals surface area contributed by atoms with Gasteiger partial charge in [0.25, 0.3) is 0 Å². The molecule has 0 N–H and O–H groups in total. The van der Waals surface area contributed by atoms with Gasteiger partial charge in [0.1, 0.15) is 0 Å². The second-order valence-corrected chi connectivity index (χ2v) is 9.14. The fourth-order valence-electron chi connectivity index (χ4n) is 4.40. The van der Waals surface area contributed by atoms with Crippen molar-refractivity contribution in [2.75, 3.05) is 5.75 Å². The van der Waals surface area contributed by atoms with Crippen molar-refractivity contribution >= 4 is 11.8 Å². The fourth-order valence-corrected chi connectivity index (χ4v) is 6.16. The summed E-state index contributed by atoms with van der Waals surface area (Å²) in [6.07, 6.45) is -1.07. The molecule has 3 aromatic rings. The van der Waals surface area contributed by atoms with Crippen LogP contribution in [0.1, 0.15) is 29.0 Å². The number of hydrogen-bond donors (Lipinski definition) is 0. The Labute approximate surface area is 226 Å². The summed E-state index contributed by atoms with van der Waals surface area (Å²) in [4.78, 5) is 0. The smallest absolute Gasteiger partial charge is 0.203 e. The van der Waals surface area contributed by atoms with Crippen molar-refractivity contribution in [2.45, 2.75) is 17.1 Å². The summed E-state index contributed by atoms with van der Waals surface area (Å²) in [5.74, 6) is -45.8. The molecule has 0 nitrogen and oxygen atoms in total. The molecule has 212 valence electrons. The van der Waals surface area contributed by atoms with E-state index in [2.05, 4.69) is 0 Å². The zero-order chi connectivity index (χ0) is 28.6. The van der Waals surface area contributed by atoms with E-state index in [1.807, 2.05) is 0 Å². The largest absolute Gasteiger partial charge is 3.00 e. The first kappa shape index (κ1) is 31.2. The Balaban J connectivity index is 0.00000420. The molecule has 0 radical (unpaired) electrons. The molecule has 0 aliphatic carbocycles. The summed E-state index contributed by atoms with van der Waals surface area (Å²) in [7, 11) is 0. The molecule has 0 saturated carbocycles. The summed E-state index contributed by atoms with van der Waals surface area (Å²) < 4.78 is 211. The van der Waals surface area contributed by atoms with Crippen LogP contribution in [0, 0.1) is 87.3 Å². The van der Waals surface area contributed by atoms with E-state index >= 15 is 17.6 Å². The van der Waals surface area contributed by atoms with Gasteiger partial charge in [0.05, 0.1) is 15.9 Å². The maximum Gasteiger partial charge on any atom is 3.00 e. The van der Waals surface area contributed by atoms with Gasteiger partial charge < -0.3 is 0 Å². The van der Waals surface area contributed by atoms with Gasteiger partial charge in [0, 0.05) is 11.5 Å². The quantitative estimate of drug-likeness (QED) is 0.113. The standard InChI is InChI=1S/C22H5F15S.Au/c23-7-4(8(24)14(30)19(35)13(7)29)3-1-2-38-22(3,5-9(25)15(31)20(36)16(32)10(5)26)6-11(27)17(33)21(37)18(34)12(6)28;/h3H,1-2H2;/q;+3. The summed E-state index contributed by atoms with van der Waals surface area (Å²) in [6, 6.07) is 0. The van der Waals surface area contributed by atoms with Crippen LogP contribution in [0.15, 0.2) is 0 Å². The zero-order valence-corrected chi connectivity index (χ0v) is 20.9. The topological polar surface area (TPSA) is 0 Å². The summed E-state index contributed by atoms with van der Waals surface area (Å²) in [5, 5.41) is 0. The molecule has 0 aromatic heterocycles. The van der Waals surface area contributed by atoms with E-state index < -0.39 is 127 Å². The number of halogens is 15. The van der Waals surface area contributed by atoms with E-state index in [0.717, 1.165) is 0 Å². The van der Waals surface area contributed by atoms with Crippen LogP contribution in [-0.4, -0.2) is 5.75 Å². The fraction of sp³-hybridized carbons (Fsp3) is 0.182. The molecule has 3 aromatic carbocycles. The molecule has 1 aliphatic heterocycles. The Morgan fingerprint density at radius 3 is 0.974 bits per heavy atom. The third kappa shape index (κ3) is 4.16. The van der Waals surface area contributed by atoms with Gasteiger partial charge in [-0.15, -0.1) is 11.8 Å². The van der Waals surface area contributed by atoms with Gasteiger partial charge in [-0.05, 0) is 12.2 Å². The summed E-state index contributed by atoms with van der Waals surface area (Å²) in [6.45, 7) is 0. The van der Waals surface area contributed by atoms with Crippen LogP contribution < -0.4 is 0 Å². The number of thioether (sulfide) groups is 1. The van der Waals surface area contributed by atoms with Crippen molar-refractivity contribution in [3.8, 4) is 0 Å². The molecule has 4 rings (SSSR count). The summed E-state index contributed by atoms with van der Waals surface area (Å²) >= 11 is -0.308. The predicted molar refractivity (Wildman–Crippen MR) is 99.3 cm³/mol. The minimum atomic E-state index is -3.84. The van der Waals surface area contributed by atoms with Crippen LogP contribution in [0.25, 0.3) is 0 Å². The minimum absolute atomic E-state index is 0. The van der Waals surface area contributed by atoms with Gasteiger partial charge in [-0.25, -0.2) is 65.9 Å². The second kappa shape index (κ2) is 10.6. The Hall–Kier alpha value is -2.30. The minimum Gasteiger partial charge on any atom is -0.203 e. The first-order valence-electron chi connectivity index (χ1n) is 9.81. The van der Waals surface area contributed by atoms with Gasteiger partial charge >= 0.3 is 22.4 Å². The third-order valence-corrected chi connectivity index (χ3v) is 7.57. The van der Waals surface area contributed by atoms with Crippen LogP contribution in [-0.2, 0) is 27.1 Å². The zero-order valence-electron chi connectivity index (χ0n) is 17.9. The van der Waals surface area contributed by atoms with Crippen molar-refractivity contribution in [1.82, 2.24) is 0 Å². The normalized spacial score (nSPS) is 16.5.